The standard InChI is InChI=1S/C13H23N5O/c1-5-6-10-17-11(14-4)7-12(18-10)15-8-13(19)16-9(2)3/h7,9H,5-6,8H2,1-4H3,(H,16,19)(H2,14,15,17,18). The van der Waals surface area contributed by atoms with Crippen molar-refractivity contribution in [2.75, 3.05) is 24.2 Å². The predicted molar refractivity (Wildman–Crippen MR) is 77.3 cm³/mol. The van der Waals surface area contributed by atoms with Gasteiger partial charge in [0, 0.05) is 25.6 Å². The number of carbonyl (C=O) groups excluding carboxylic acids is 1. The van der Waals surface area contributed by atoms with Gasteiger partial charge < -0.3 is 16.0 Å². The molecule has 1 aromatic rings. The van der Waals surface area contributed by atoms with Crippen LogP contribution in [-0.4, -0.2) is 35.5 Å². The van der Waals surface area contributed by atoms with Crippen molar-refractivity contribution in [2.24, 2.45) is 0 Å². The van der Waals surface area contributed by atoms with Gasteiger partial charge in [-0.1, -0.05) is 6.92 Å². The van der Waals surface area contributed by atoms with E-state index >= 15 is 0 Å². The van der Waals surface area contributed by atoms with Crippen LogP contribution >= 0.6 is 0 Å². The van der Waals surface area contributed by atoms with Gasteiger partial charge in [-0.3, -0.25) is 4.79 Å². The monoisotopic (exact) mass is 265 g/mol. The van der Waals surface area contributed by atoms with E-state index < -0.39 is 0 Å². The highest BCUT2D eigenvalue weighted by Crippen LogP contribution is 2.11. The van der Waals surface area contributed by atoms with E-state index in [4.69, 9.17) is 0 Å². The minimum Gasteiger partial charge on any atom is -0.373 e. The fourth-order valence-electron chi connectivity index (χ4n) is 1.60. The van der Waals surface area contributed by atoms with Crippen molar-refractivity contribution in [2.45, 2.75) is 39.7 Å². The summed E-state index contributed by atoms with van der Waals surface area (Å²) in [5, 5.41) is 8.84. The molecule has 0 radical (unpaired) electrons. The zero-order chi connectivity index (χ0) is 14.3. The highest BCUT2D eigenvalue weighted by atomic mass is 16.1. The van der Waals surface area contributed by atoms with Crippen molar-refractivity contribution in [3.8, 4) is 0 Å². The van der Waals surface area contributed by atoms with E-state index in [1.165, 1.54) is 0 Å². The molecule has 0 fully saturated rings. The average Bonchev–Trinajstić information content (AvgIpc) is 2.35. The molecule has 0 unspecified atom stereocenters. The van der Waals surface area contributed by atoms with Gasteiger partial charge >= 0.3 is 0 Å². The molecule has 1 heterocycles. The average molecular weight is 265 g/mol. The van der Waals surface area contributed by atoms with Crippen LogP contribution in [0.5, 0.6) is 0 Å². The second kappa shape index (κ2) is 7.56. The molecule has 0 saturated heterocycles. The van der Waals surface area contributed by atoms with Gasteiger partial charge in [0.15, 0.2) is 0 Å². The number of hydrogen-bond donors (Lipinski definition) is 3. The number of carbonyl (C=O) groups is 1. The second-order valence-electron chi connectivity index (χ2n) is 4.63. The maximum atomic E-state index is 11.6. The Labute approximate surface area is 114 Å². The molecule has 0 aliphatic carbocycles. The second-order valence-corrected chi connectivity index (χ2v) is 4.63. The fraction of sp³-hybridized carbons (Fsp3) is 0.615. The van der Waals surface area contributed by atoms with E-state index in [1.54, 1.807) is 6.07 Å². The summed E-state index contributed by atoms with van der Waals surface area (Å²) in [5.74, 6) is 2.16. The van der Waals surface area contributed by atoms with Gasteiger partial charge in [-0.15, -0.1) is 0 Å². The predicted octanol–water partition coefficient (Wildman–Crippen LogP) is 1.41. The Morgan fingerprint density at radius 1 is 1.32 bits per heavy atom. The van der Waals surface area contributed by atoms with Crippen molar-refractivity contribution in [3.05, 3.63) is 11.9 Å². The molecule has 0 saturated carbocycles. The van der Waals surface area contributed by atoms with E-state index in [-0.39, 0.29) is 18.5 Å². The maximum Gasteiger partial charge on any atom is 0.239 e. The van der Waals surface area contributed by atoms with Crippen LogP contribution in [0.15, 0.2) is 6.07 Å². The van der Waals surface area contributed by atoms with Crippen LogP contribution in [-0.2, 0) is 11.2 Å². The number of nitrogens with one attached hydrogen (secondary N) is 3. The van der Waals surface area contributed by atoms with Gasteiger partial charge in [-0.25, -0.2) is 9.97 Å². The Morgan fingerprint density at radius 2 is 2.00 bits per heavy atom. The lowest BCUT2D eigenvalue weighted by Crippen LogP contribution is -2.35. The fourth-order valence-corrected chi connectivity index (χ4v) is 1.60. The first-order chi connectivity index (χ1) is 9.05. The molecule has 0 spiro atoms. The van der Waals surface area contributed by atoms with Gasteiger partial charge in [0.1, 0.15) is 17.5 Å². The molecule has 6 heteroatoms. The third kappa shape index (κ3) is 5.54. The number of aryl methyl sites for hydroxylation is 1. The zero-order valence-electron chi connectivity index (χ0n) is 12.1. The van der Waals surface area contributed by atoms with Crippen LogP contribution in [0, 0.1) is 0 Å². The van der Waals surface area contributed by atoms with E-state index in [9.17, 15) is 4.79 Å². The first-order valence-electron chi connectivity index (χ1n) is 6.64. The SMILES string of the molecule is CCCc1nc(NC)cc(NCC(=O)NC(C)C)n1. The molecule has 1 amide bonds. The summed E-state index contributed by atoms with van der Waals surface area (Å²) < 4.78 is 0. The number of amides is 1. The van der Waals surface area contributed by atoms with Crippen LogP contribution in [0.3, 0.4) is 0 Å². The summed E-state index contributed by atoms with van der Waals surface area (Å²) >= 11 is 0. The van der Waals surface area contributed by atoms with Gasteiger partial charge in [-0.05, 0) is 20.3 Å². The largest absolute Gasteiger partial charge is 0.373 e. The summed E-state index contributed by atoms with van der Waals surface area (Å²) in [4.78, 5) is 20.3. The van der Waals surface area contributed by atoms with Crippen LogP contribution in [0.1, 0.15) is 33.0 Å². The highest BCUT2D eigenvalue weighted by molar-refractivity contribution is 5.80. The van der Waals surface area contributed by atoms with E-state index in [1.807, 2.05) is 20.9 Å². The summed E-state index contributed by atoms with van der Waals surface area (Å²) in [6.45, 7) is 6.16. The van der Waals surface area contributed by atoms with Crippen molar-refractivity contribution in [3.63, 3.8) is 0 Å². The van der Waals surface area contributed by atoms with Crippen LogP contribution in [0.25, 0.3) is 0 Å². The van der Waals surface area contributed by atoms with Crippen molar-refractivity contribution < 1.29 is 4.79 Å². The van der Waals surface area contributed by atoms with E-state index in [2.05, 4.69) is 32.8 Å². The summed E-state index contributed by atoms with van der Waals surface area (Å²) in [6, 6.07) is 1.94. The first-order valence-corrected chi connectivity index (χ1v) is 6.64. The minimum atomic E-state index is -0.0448. The first kappa shape index (κ1) is 15.2. The third-order valence-corrected chi connectivity index (χ3v) is 2.38. The zero-order valence-corrected chi connectivity index (χ0v) is 12.1. The molecule has 6 nitrogen and oxygen atoms in total. The van der Waals surface area contributed by atoms with E-state index in [0.29, 0.717) is 5.82 Å². The molecule has 0 aliphatic rings. The van der Waals surface area contributed by atoms with Crippen molar-refractivity contribution in [1.29, 1.82) is 0 Å². The van der Waals surface area contributed by atoms with Gasteiger partial charge in [0.25, 0.3) is 0 Å². The lowest BCUT2D eigenvalue weighted by molar-refractivity contribution is -0.119. The molecule has 0 bridgehead atoms. The number of hydrogen-bond acceptors (Lipinski definition) is 5. The number of rotatable bonds is 7. The normalized spacial score (nSPS) is 10.4. The van der Waals surface area contributed by atoms with Crippen LogP contribution in [0.4, 0.5) is 11.6 Å². The number of nitrogens with zero attached hydrogens (tertiary/aromatic N) is 2. The summed E-state index contributed by atoms with van der Waals surface area (Å²) in [6.07, 6.45) is 1.81. The lowest BCUT2D eigenvalue weighted by atomic mass is 10.3. The smallest absolute Gasteiger partial charge is 0.239 e. The van der Waals surface area contributed by atoms with Gasteiger partial charge in [0.05, 0.1) is 6.54 Å². The quantitative estimate of drug-likeness (QED) is 0.694. The third-order valence-electron chi connectivity index (χ3n) is 2.38. The molecule has 19 heavy (non-hydrogen) atoms. The highest BCUT2D eigenvalue weighted by Gasteiger charge is 2.06. The maximum absolute atomic E-state index is 11.6. The Morgan fingerprint density at radius 3 is 2.58 bits per heavy atom. The molecule has 106 valence electrons. The van der Waals surface area contributed by atoms with Crippen LogP contribution < -0.4 is 16.0 Å². The Bertz CT molecular complexity index is 419. The van der Waals surface area contributed by atoms with Crippen molar-refractivity contribution in [1.82, 2.24) is 15.3 Å². The summed E-state index contributed by atoms with van der Waals surface area (Å²) in [7, 11) is 1.81. The minimum absolute atomic E-state index is 0.0448. The topological polar surface area (TPSA) is 78.9 Å². The lowest BCUT2D eigenvalue weighted by Gasteiger charge is -2.11. The van der Waals surface area contributed by atoms with E-state index in [0.717, 1.165) is 24.5 Å². The molecule has 0 atom stereocenters. The van der Waals surface area contributed by atoms with Gasteiger partial charge in [-0.2, -0.15) is 0 Å². The molecule has 1 rings (SSSR count). The van der Waals surface area contributed by atoms with Gasteiger partial charge in [0.2, 0.25) is 5.91 Å². The molecular weight excluding hydrogens is 242 g/mol. The van der Waals surface area contributed by atoms with Crippen molar-refractivity contribution >= 4 is 17.5 Å². The molecule has 3 N–H and O–H groups in total. The Hall–Kier alpha value is -1.85. The molecule has 0 aromatic carbocycles. The number of aromatic nitrogens is 2. The Kier molecular flexibility index (Phi) is 6.05. The summed E-state index contributed by atoms with van der Waals surface area (Å²) in [5.41, 5.74) is 0. The number of anilines is 2. The molecule has 0 aliphatic heterocycles. The Balaban J connectivity index is 2.66. The molecular formula is C13H23N5O. The molecule has 1 aromatic heterocycles. The van der Waals surface area contributed by atoms with Crippen LogP contribution in [0.2, 0.25) is 0 Å².